The molecule has 8 heteroatoms. The Kier molecular flexibility index (Phi) is 6.82. The highest BCUT2D eigenvalue weighted by Crippen LogP contribution is 2.32. The van der Waals surface area contributed by atoms with Gasteiger partial charge in [-0.25, -0.2) is 9.97 Å². The summed E-state index contributed by atoms with van der Waals surface area (Å²) in [7, 11) is 1.45. The number of hydrogen-bond acceptors (Lipinski definition) is 8. The Morgan fingerprint density at radius 2 is 1.70 bits per heavy atom. The van der Waals surface area contributed by atoms with Crippen molar-refractivity contribution in [2.45, 2.75) is 5.92 Å². The van der Waals surface area contributed by atoms with Gasteiger partial charge < -0.3 is 14.2 Å². The number of hydrogen-bond donors (Lipinski definition) is 0. The molecule has 1 atom stereocenters. The molecule has 0 radical (unpaired) electrons. The third kappa shape index (κ3) is 4.84. The molecule has 2 aromatic carbocycles. The van der Waals surface area contributed by atoms with Gasteiger partial charge in [-0.15, -0.1) is 0 Å². The van der Waals surface area contributed by atoms with Crippen molar-refractivity contribution in [3.8, 4) is 29.3 Å². The van der Waals surface area contributed by atoms with Crippen molar-refractivity contribution in [1.29, 1.82) is 5.26 Å². The summed E-state index contributed by atoms with van der Waals surface area (Å²) in [5, 5.41) is 9.19. The zero-order chi connectivity index (χ0) is 21.3. The second-order valence-electron chi connectivity index (χ2n) is 6.07. The molecule has 0 N–H and O–H groups in total. The van der Waals surface area contributed by atoms with E-state index < -0.39 is 11.7 Å². The van der Waals surface area contributed by atoms with Crippen molar-refractivity contribution >= 4 is 12.1 Å². The maximum atomic E-state index is 12.0. The molecule has 3 aromatic rings. The lowest BCUT2D eigenvalue weighted by Crippen LogP contribution is -2.19. The van der Waals surface area contributed by atoms with Crippen molar-refractivity contribution in [3.63, 3.8) is 0 Å². The molecule has 1 heterocycles. The van der Waals surface area contributed by atoms with E-state index in [2.05, 4.69) is 9.97 Å². The SMILES string of the molecule is COCC(C(=O)C=O)c1ccccc1Oc1cc(Oc2ccccc2C#N)ncn1. The molecule has 0 bridgehead atoms. The Bertz CT molecular complexity index is 1090. The van der Waals surface area contributed by atoms with Gasteiger partial charge in [0.1, 0.15) is 23.9 Å². The molecule has 0 amide bonds. The first-order valence-corrected chi connectivity index (χ1v) is 8.90. The summed E-state index contributed by atoms with van der Waals surface area (Å²) < 4.78 is 16.6. The van der Waals surface area contributed by atoms with Gasteiger partial charge in [0.2, 0.25) is 17.5 Å². The Labute approximate surface area is 172 Å². The molecule has 1 unspecified atom stereocenters. The zero-order valence-corrected chi connectivity index (χ0v) is 16.0. The molecule has 0 aliphatic heterocycles. The second-order valence-corrected chi connectivity index (χ2v) is 6.07. The molecular formula is C22H17N3O5. The highest BCUT2D eigenvalue weighted by atomic mass is 16.5. The predicted octanol–water partition coefficient (Wildman–Crippen LogP) is 3.43. The van der Waals surface area contributed by atoms with Gasteiger partial charge in [0, 0.05) is 12.7 Å². The number of ether oxygens (including phenoxy) is 3. The van der Waals surface area contributed by atoms with Crippen LogP contribution in [-0.2, 0) is 14.3 Å². The number of methoxy groups -OCH3 is 1. The van der Waals surface area contributed by atoms with E-state index in [1.165, 1.54) is 19.5 Å². The van der Waals surface area contributed by atoms with Crippen LogP contribution >= 0.6 is 0 Å². The van der Waals surface area contributed by atoms with E-state index in [1.807, 2.05) is 6.07 Å². The van der Waals surface area contributed by atoms with Crippen LogP contribution in [0, 0.1) is 11.3 Å². The maximum Gasteiger partial charge on any atom is 0.226 e. The smallest absolute Gasteiger partial charge is 0.226 e. The van der Waals surface area contributed by atoms with Crippen LogP contribution < -0.4 is 9.47 Å². The van der Waals surface area contributed by atoms with E-state index in [0.29, 0.717) is 22.6 Å². The first-order chi connectivity index (χ1) is 14.7. The summed E-state index contributed by atoms with van der Waals surface area (Å²) in [4.78, 5) is 31.2. The molecule has 0 fully saturated rings. The Morgan fingerprint density at radius 3 is 2.37 bits per heavy atom. The van der Waals surface area contributed by atoms with Crippen molar-refractivity contribution in [1.82, 2.24) is 9.97 Å². The quantitative estimate of drug-likeness (QED) is 0.395. The van der Waals surface area contributed by atoms with Crippen LogP contribution in [0.1, 0.15) is 17.0 Å². The molecular weight excluding hydrogens is 386 g/mol. The third-order valence-electron chi connectivity index (χ3n) is 4.14. The van der Waals surface area contributed by atoms with Crippen molar-refractivity contribution in [3.05, 3.63) is 72.1 Å². The molecule has 150 valence electrons. The normalized spacial score (nSPS) is 11.2. The minimum Gasteiger partial charge on any atom is -0.438 e. The number of benzene rings is 2. The van der Waals surface area contributed by atoms with E-state index in [9.17, 15) is 14.9 Å². The van der Waals surface area contributed by atoms with Crippen LogP contribution in [0.4, 0.5) is 0 Å². The Hall–Kier alpha value is -4.09. The number of nitriles is 1. The molecule has 30 heavy (non-hydrogen) atoms. The van der Waals surface area contributed by atoms with Crippen molar-refractivity contribution in [2.24, 2.45) is 0 Å². The third-order valence-corrected chi connectivity index (χ3v) is 4.14. The first-order valence-electron chi connectivity index (χ1n) is 8.90. The maximum absolute atomic E-state index is 12.0. The predicted molar refractivity (Wildman–Crippen MR) is 105 cm³/mol. The number of aromatic nitrogens is 2. The number of aldehydes is 1. The average molecular weight is 403 g/mol. The molecule has 0 aliphatic carbocycles. The van der Waals surface area contributed by atoms with E-state index in [0.717, 1.165) is 0 Å². The Morgan fingerprint density at radius 1 is 1.07 bits per heavy atom. The van der Waals surface area contributed by atoms with Crippen LogP contribution in [0.15, 0.2) is 60.9 Å². The summed E-state index contributed by atoms with van der Waals surface area (Å²) in [5.41, 5.74) is 0.853. The van der Waals surface area contributed by atoms with Crippen molar-refractivity contribution in [2.75, 3.05) is 13.7 Å². The van der Waals surface area contributed by atoms with Gasteiger partial charge in [-0.05, 0) is 18.2 Å². The molecule has 0 aliphatic rings. The number of nitrogens with zero attached hydrogens (tertiary/aromatic N) is 3. The minimum absolute atomic E-state index is 0.0288. The number of carbonyl (C=O) groups excluding carboxylic acids is 2. The number of para-hydroxylation sites is 2. The van der Waals surface area contributed by atoms with Gasteiger partial charge in [-0.2, -0.15) is 5.26 Å². The van der Waals surface area contributed by atoms with Crippen LogP contribution in [-0.4, -0.2) is 35.8 Å². The van der Waals surface area contributed by atoms with E-state index in [-0.39, 0.29) is 24.7 Å². The van der Waals surface area contributed by atoms with Crippen LogP contribution in [0.5, 0.6) is 23.3 Å². The topological polar surface area (TPSA) is 111 Å². The van der Waals surface area contributed by atoms with Gasteiger partial charge in [0.25, 0.3) is 0 Å². The van der Waals surface area contributed by atoms with Gasteiger partial charge in [-0.3, -0.25) is 9.59 Å². The lowest BCUT2D eigenvalue weighted by atomic mass is 9.95. The fraction of sp³-hybridized carbons (Fsp3) is 0.136. The standard InChI is InChI=1S/C22H17N3O5/c1-28-13-17(18(27)12-26)16-7-3-5-9-20(16)30-22-10-21(24-14-25-22)29-19-8-4-2-6-15(19)11-23/h2-10,12,14,17H,13H2,1H3. The first kappa shape index (κ1) is 20.6. The summed E-state index contributed by atoms with van der Waals surface area (Å²) in [6.45, 7) is 0.0288. The van der Waals surface area contributed by atoms with Crippen LogP contribution in [0.3, 0.4) is 0 Å². The molecule has 8 nitrogen and oxygen atoms in total. The minimum atomic E-state index is -0.802. The fourth-order valence-electron chi connectivity index (χ4n) is 2.74. The molecule has 0 saturated heterocycles. The number of carbonyl (C=O) groups is 2. The van der Waals surface area contributed by atoms with Gasteiger partial charge >= 0.3 is 0 Å². The molecule has 0 spiro atoms. The van der Waals surface area contributed by atoms with Gasteiger partial charge in [0.05, 0.1) is 24.2 Å². The average Bonchev–Trinajstić information content (AvgIpc) is 2.78. The molecule has 0 saturated carbocycles. The van der Waals surface area contributed by atoms with Crippen LogP contribution in [0.2, 0.25) is 0 Å². The largest absolute Gasteiger partial charge is 0.438 e. The molecule has 1 aromatic heterocycles. The highest BCUT2D eigenvalue weighted by Gasteiger charge is 2.24. The van der Waals surface area contributed by atoms with E-state index in [4.69, 9.17) is 14.2 Å². The highest BCUT2D eigenvalue weighted by molar-refractivity contribution is 6.27. The summed E-state index contributed by atoms with van der Waals surface area (Å²) in [6.07, 6.45) is 1.52. The monoisotopic (exact) mass is 403 g/mol. The zero-order valence-electron chi connectivity index (χ0n) is 16.0. The summed E-state index contributed by atoms with van der Waals surface area (Å²) in [5.74, 6) is -0.385. The summed E-state index contributed by atoms with van der Waals surface area (Å²) in [6, 6.07) is 17.1. The van der Waals surface area contributed by atoms with E-state index >= 15 is 0 Å². The second kappa shape index (κ2) is 9.91. The number of Topliss-reactive ketones (excluding diaryl/α,β-unsaturated/α-hetero) is 1. The lowest BCUT2D eigenvalue weighted by molar-refractivity contribution is -0.131. The molecule has 3 rings (SSSR count). The van der Waals surface area contributed by atoms with Crippen LogP contribution in [0.25, 0.3) is 0 Å². The lowest BCUT2D eigenvalue weighted by Gasteiger charge is -2.17. The van der Waals surface area contributed by atoms with E-state index in [1.54, 1.807) is 48.5 Å². The fourth-order valence-corrected chi connectivity index (χ4v) is 2.74. The van der Waals surface area contributed by atoms with Gasteiger partial charge in [0.15, 0.2) is 6.29 Å². The van der Waals surface area contributed by atoms with Gasteiger partial charge in [-0.1, -0.05) is 30.3 Å². The Balaban J connectivity index is 1.88. The van der Waals surface area contributed by atoms with Crippen molar-refractivity contribution < 1.29 is 23.8 Å². The number of rotatable bonds is 9. The number of ketones is 1. The summed E-state index contributed by atoms with van der Waals surface area (Å²) >= 11 is 0.